The number of rotatable bonds is 3. The number of hydrogen-bond acceptors (Lipinski definition) is 3. The smallest absolute Gasteiger partial charge is 0.336 e. The first-order chi connectivity index (χ1) is 8.62. The van der Waals surface area contributed by atoms with E-state index in [4.69, 9.17) is 10.8 Å². The van der Waals surface area contributed by atoms with E-state index in [1.54, 1.807) is 19.1 Å². The van der Waals surface area contributed by atoms with E-state index in [0.29, 0.717) is 11.3 Å². The van der Waals surface area contributed by atoms with Crippen LogP contribution in [-0.2, 0) is 4.79 Å². The molecule has 0 saturated heterocycles. The molecule has 0 aliphatic rings. The maximum absolute atomic E-state index is 11.9. The monoisotopic (exact) mass is 264 g/mol. The van der Waals surface area contributed by atoms with Gasteiger partial charge in [0.2, 0.25) is 5.91 Å². The van der Waals surface area contributed by atoms with Crippen LogP contribution in [0.1, 0.15) is 36.7 Å². The third-order valence-corrected chi connectivity index (χ3v) is 2.95. The van der Waals surface area contributed by atoms with Crippen molar-refractivity contribution in [1.29, 1.82) is 0 Å². The van der Waals surface area contributed by atoms with Crippen molar-refractivity contribution < 1.29 is 14.7 Å². The first kappa shape index (κ1) is 15.2. The number of nitrogens with two attached hydrogens (primary N) is 1. The van der Waals surface area contributed by atoms with Gasteiger partial charge in [-0.05, 0) is 30.0 Å². The number of carboxylic acids is 1. The molecule has 1 rings (SSSR count). The summed E-state index contributed by atoms with van der Waals surface area (Å²) in [4.78, 5) is 23.0. The van der Waals surface area contributed by atoms with Crippen LogP contribution in [0.4, 0.5) is 5.69 Å². The second-order valence-corrected chi connectivity index (χ2v) is 5.67. The molecule has 0 radical (unpaired) electrons. The largest absolute Gasteiger partial charge is 0.478 e. The Balaban J connectivity index is 2.92. The van der Waals surface area contributed by atoms with Gasteiger partial charge in [0, 0.05) is 5.69 Å². The van der Waals surface area contributed by atoms with E-state index in [9.17, 15) is 9.59 Å². The van der Waals surface area contributed by atoms with Crippen molar-refractivity contribution in [1.82, 2.24) is 0 Å². The number of hydrogen-bond donors (Lipinski definition) is 3. The molecule has 19 heavy (non-hydrogen) atoms. The highest BCUT2D eigenvalue weighted by Gasteiger charge is 2.27. The summed E-state index contributed by atoms with van der Waals surface area (Å²) in [7, 11) is 0. The lowest BCUT2D eigenvalue weighted by Gasteiger charge is -2.25. The molecule has 1 aromatic carbocycles. The van der Waals surface area contributed by atoms with E-state index in [0.717, 1.165) is 0 Å². The van der Waals surface area contributed by atoms with E-state index in [2.05, 4.69) is 5.32 Å². The molecular weight excluding hydrogens is 244 g/mol. The molecule has 0 spiro atoms. The molecule has 1 amide bonds. The molecule has 0 aliphatic heterocycles. The van der Waals surface area contributed by atoms with Crippen LogP contribution in [0.2, 0.25) is 0 Å². The Morgan fingerprint density at radius 2 is 1.89 bits per heavy atom. The maximum Gasteiger partial charge on any atom is 0.336 e. The van der Waals surface area contributed by atoms with Crippen LogP contribution in [0.3, 0.4) is 0 Å². The molecular formula is C14H20N2O3. The summed E-state index contributed by atoms with van der Waals surface area (Å²) < 4.78 is 0. The van der Waals surface area contributed by atoms with Crippen molar-refractivity contribution in [2.24, 2.45) is 11.1 Å². The zero-order valence-electron chi connectivity index (χ0n) is 11.7. The van der Waals surface area contributed by atoms with Crippen LogP contribution in [0.5, 0.6) is 0 Å². The third kappa shape index (κ3) is 3.79. The number of nitrogens with one attached hydrogen (secondary N) is 1. The van der Waals surface area contributed by atoms with Gasteiger partial charge in [0.25, 0.3) is 0 Å². The predicted molar refractivity (Wildman–Crippen MR) is 74.2 cm³/mol. The molecule has 0 saturated carbocycles. The number of anilines is 1. The Kier molecular flexibility index (Phi) is 4.32. The van der Waals surface area contributed by atoms with Crippen LogP contribution in [-0.4, -0.2) is 23.0 Å². The van der Waals surface area contributed by atoms with E-state index in [1.807, 2.05) is 20.8 Å². The van der Waals surface area contributed by atoms with E-state index >= 15 is 0 Å². The fraction of sp³-hybridized carbons (Fsp3) is 0.429. The summed E-state index contributed by atoms with van der Waals surface area (Å²) in [5.74, 6) is -1.35. The molecule has 0 unspecified atom stereocenters. The van der Waals surface area contributed by atoms with Crippen molar-refractivity contribution in [3.8, 4) is 0 Å². The number of aromatic carboxylic acids is 1. The molecule has 104 valence electrons. The minimum atomic E-state index is -1.02. The van der Waals surface area contributed by atoms with Gasteiger partial charge in [-0.2, -0.15) is 0 Å². The molecule has 0 heterocycles. The highest BCUT2D eigenvalue weighted by molar-refractivity contribution is 5.97. The molecule has 5 heteroatoms. The zero-order chi connectivity index (χ0) is 14.8. The average Bonchev–Trinajstić information content (AvgIpc) is 2.29. The van der Waals surface area contributed by atoms with Crippen LogP contribution in [0, 0.1) is 12.3 Å². The maximum atomic E-state index is 11.9. The summed E-state index contributed by atoms with van der Waals surface area (Å²) in [5.41, 5.74) is 6.74. The molecule has 0 aromatic heterocycles. The minimum absolute atomic E-state index is 0.169. The number of benzene rings is 1. The Hall–Kier alpha value is -1.88. The number of carbonyl (C=O) groups excluding carboxylic acids is 1. The Morgan fingerprint density at radius 1 is 1.32 bits per heavy atom. The SMILES string of the molecule is Cc1ccc(NC(=O)[C@H](N)C(C)(C)C)cc1C(=O)O. The average molecular weight is 264 g/mol. The Morgan fingerprint density at radius 3 is 2.37 bits per heavy atom. The predicted octanol–water partition coefficient (Wildman–Crippen LogP) is 2.01. The van der Waals surface area contributed by atoms with Crippen molar-refractivity contribution in [2.75, 3.05) is 5.32 Å². The van der Waals surface area contributed by atoms with Crippen molar-refractivity contribution in [3.05, 3.63) is 29.3 Å². The molecule has 1 atom stereocenters. The molecule has 5 nitrogen and oxygen atoms in total. The van der Waals surface area contributed by atoms with Crippen LogP contribution in [0.25, 0.3) is 0 Å². The lowest BCUT2D eigenvalue weighted by atomic mass is 9.87. The van der Waals surface area contributed by atoms with Gasteiger partial charge in [0.1, 0.15) is 0 Å². The first-order valence-electron chi connectivity index (χ1n) is 6.03. The quantitative estimate of drug-likeness (QED) is 0.778. The Bertz CT molecular complexity index is 504. The van der Waals surface area contributed by atoms with Crippen LogP contribution < -0.4 is 11.1 Å². The van der Waals surface area contributed by atoms with Gasteiger partial charge in [-0.25, -0.2) is 4.79 Å². The number of carboxylic acid groups (broad SMARTS) is 1. The fourth-order valence-electron chi connectivity index (χ4n) is 1.54. The van der Waals surface area contributed by atoms with Crippen molar-refractivity contribution in [2.45, 2.75) is 33.7 Å². The number of amides is 1. The van der Waals surface area contributed by atoms with Gasteiger partial charge in [-0.1, -0.05) is 26.8 Å². The van der Waals surface area contributed by atoms with Gasteiger partial charge in [0.15, 0.2) is 0 Å². The summed E-state index contributed by atoms with van der Waals surface area (Å²) in [5, 5.41) is 11.7. The second-order valence-electron chi connectivity index (χ2n) is 5.67. The normalized spacial score (nSPS) is 12.9. The molecule has 4 N–H and O–H groups in total. The standard InChI is InChI=1S/C14H20N2O3/c1-8-5-6-9(7-10(8)13(18)19)16-12(17)11(15)14(2,3)4/h5-7,11H,15H2,1-4H3,(H,16,17)(H,18,19)/t11-/m0/s1. The van der Waals surface area contributed by atoms with Gasteiger partial charge < -0.3 is 16.2 Å². The number of aryl methyl sites for hydroxylation is 1. The first-order valence-corrected chi connectivity index (χ1v) is 6.03. The summed E-state index contributed by atoms with van der Waals surface area (Å²) in [6.45, 7) is 7.31. The van der Waals surface area contributed by atoms with E-state index < -0.39 is 12.0 Å². The molecule has 1 aromatic rings. The molecule has 0 aliphatic carbocycles. The van der Waals surface area contributed by atoms with Crippen molar-refractivity contribution in [3.63, 3.8) is 0 Å². The van der Waals surface area contributed by atoms with Gasteiger partial charge in [0.05, 0.1) is 11.6 Å². The van der Waals surface area contributed by atoms with Crippen molar-refractivity contribution >= 4 is 17.6 Å². The van der Waals surface area contributed by atoms with E-state index in [-0.39, 0.29) is 16.9 Å². The zero-order valence-corrected chi connectivity index (χ0v) is 11.7. The fourth-order valence-corrected chi connectivity index (χ4v) is 1.54. The van der Waals surface area contributed by atoms with Crippen LogP contribution in [0.15, 0.2) is 18.2 Å². The second kappa shape index (κ2) is 5.40. The summed E-state index contributed by atoms with van der Waals surface area (Å²) >= 11 is 0. The van der Waals surface area contributed by atoms with Gasteiger partial charge in [-0.15, -0.1) is 0 Å². The minimum Gasteiger partial charge on any atom is -0.478 e. The number of carbonyl (C=O) groups is 2. The Labute approximate surface area is 112 Å². The molecule has 0 fully saturated rings. The van der Waals surface area contributed by atoms with Crippen LogP contribution >= 0.6 is 0 Å². The van der Waals surface area contributed by atoms with Gasteiger partial charge >= 0.3 is 5.97 Å². The van der Waals surface area contributed by atoms with Gasteiger partial charge in [-0.3, -0.25) is 4.79 Å². The molecule has 0 bridgehead atoms. The highest BCUT2D eigenvalue weighted by atomic mass is 16.4. The highest BCUT2D eigenvalue weighted by Crippen LogP contribution is 2.20. The topological polar surface area (TPSA) is 92.4 Å². The summed E-state index contributed by atoms with van der Waals surface area (Å²) in [6.07, 6.45) is 0. The lowest BCUT2D eigenvalue weighted by Crippen LogP contribution is -2.45. The van der Waals surface area contributed by atoms with E-state index in [1.165, 1.54) is 6.07 Å². The third-order valence-electron chi connectivity index (χ3n) is 2.95. The lowest BCUT2D eigenvalue weighted by molar-refractivity contribution is -0.119. The summed E-state index contributed by atoms with van der Waals surface area (Å²) in [6, 6.07) is 4.09.